The maximum absolute atomic E-state index is 6.11. The van der Waals surface area contributed by atoms with Crippen molar-refractivity contribution in [3.05, 3.63) is 94.6 Å². The summed E-state index contributed by atoms with van der Waals surface area (Å²) in [6, 6.07) is 24.0. The van der Waals surface area contributed by atoms with Gasteiger partial charge in [0.15, 0.2) is 0 Å². The molecular weight excluding hydrogens is 398 g/mol. The van der Waals surface area contributed by atoms with Crippen LogP contribution in [0, 0.1) is 0 Å². The van der Waals surface area contributed by atoms with Gasteiger partial charge in [0.2, 0.25) is 6.29 Å². The molecule has 1 aliphatic rings. The lowest BCUT2D eigenvalue weighted by Gasteiger charge is -2.14. The quantitative estimate of drug-likeness (QED) is 0.381. The highest BCUT2D eigenvalue weighted by atomic mass is 35.5. The third-order valence-corrected chi connectivity index (χ3v) is 5.48. The first-order chi connectivity index (χ1) is 14.7. The molecule has 0 fully saturated rings. The highest BCUT2D eigenvalue weighted by Gasteiger charge is 2.26. The van der Waals surface area contributed by atoms with Crippen molar-refractivity contribution in [3.8, 4) is 16.9 Å². The van der Waals surface area contributed by atoms with Gasteiger partial charge in [-0.15, -0.1) is 0 Å². The first-order valence-corrected chi connectivity index (χ1v) is 10.1. The lowest BCUT2D eigenvalue weighted by molar-refractivity contribution is -0.147. The largest absolute Gasteiger partial charge is 0.497 e. The van der Waals surface area contributed by atoms with Crippen LogP contribution in [-0.2, 0) is 22.7 Å². The highest BCUT2D eigenvalue weighted by molar-refractivity contribution is 6.30. The van der Waals surface area contributed by atoms with Crippen LogP contribution in [0.2, 0.25) is 5.02 Å². The lowest BCUT2D eigenvalue weighted by Crippen LogP contribution is -2.05. The first-order valence-electron chi connectivity index (χ1n) is 9.75. The standard InChI is InChI=1S/C25H20ClNO3/c1-28-22-11-16(10-19(13-22)17-6-8-21(26)9-7-17)14-29-25-24-20(15-30-25)12-18-4-2-3-5-23(18)27-24/h2-13,25H,14-15H2,1H3. The van der Waals surface area contributed by atoms with Gasteiger partial charge < -0.3 is 14.2 Å². The van der Waals surface area contributed by atoms with E-state index in [0.29, 0.717) is 18.2 Å². The summed E-state index contributed by atoms with van der Waals surface area (Å²) in [7, 11) is 1.66. The normalized spacial score (nSPS) is 15.3. The Bertz CT molecular complexity index is 1210. The summed E-state index contributed by atoms with van der Waals surface area (Å²) in [5.74, 6) is 0.776. The molecule has 0 N–H and O–H groups in total. The van der Waals surface area contributed by atoms with Crippen LogP contribution >= 0.6 is 11.6 Å². The SMILES string of the molecule is COc1cc(COC2OCc3cc4ccccc4nc32)cc(-c2ccc(Cl)cc2)c1. The van der Waals surface area contributed by atoms with Crippen LogP contribution in [0.15, 0.2) is 72.8 Å². The van der Waals surface area contributed by atoms with E-state index in [4.69, 9.17) is 30.8 Å². The maximum atomic E-state index is 6.11. The third-order valence-electron chi connectivity index (χ3n) is 5.23. The zero-order valence-electron chi connectivity index (χ0n) is 16.5. The molecule has 2 heterocycles. The fourth-order valence-electron chi connectivity index (χ4n) is 3.71. The van der Waals surface area contributed by atoms with E-state index in [1.54, 1.807) is 7.11 Å². The van der Waals surface area contributed by atoms with Gasteiger partial charge >= 0.3 is 0 Å². The van der Waals surface area contributed by atoms with Crippen molar-refractivity contribution in [1.82, 2.24) is 4.98 Å². The molecule has 0 bridgehead atoms. The first kappa shape index (κ1) is 19.1. The molecule has 5 rings (SSSR count). The molecule has 1 aliphatic heterocycles. The molecule has 0 saturated heterocycles. The van der Waals surface area contributed by atoms with E-state index in [2.05, 4.69) is 18.2 Å². The van der Waals surface area contributed by atoms with E-state index in [-0.39, 0.29) is 0 Å². The molecule has 0 radical (unpaired) electrons. The molecule has 4 nitrogen and oxygen atoms in total. The van der Waals surface area contributed by atoms with Crippen LogP contribution in [-0.4, -0.2) is 12.1 Å². The Balaban J connectivity index is 1.39. The molecular formula is C25H20ClNO3. The zero-order chi connectivity index (χ0) is 20.5. The number of hydrogen-bond donors (Lipinski definition) is 0. The second-order valence-corrected chi connectivity index (χ2v) is 7.69. The smallest absolute Gasteiger partial charge is 0.202 e. The fourth-order valence-corrected chi connectivity index (χ4v) is 3.83. The molecule has 30 heavy (non-hydrogen) atoms. The minimum absolute atomic E-state index is 0.385. The highest BCUT2D eigenvalue weighted by Crippen LogP contribution is 2.34. The summed E-state index contributed by atoms with van der Waals surface area (Å²) in [5.41, 5.74) is 5.98. The van der Waals surface area contributed by atoms with Gasteiger partial charge in [-0.1, -0.05) is 41.9 Å². The van der Waals surface area contributed by atoms with E-state index >= 15 is 0 Å². The Morgan fingerprint density at radius 2 is 1.83 bits per heavy atom. The summed E-state index contributed by atoms with van der Waals surface area (Å²) in [6.07, 6.45) is -0.477. The Labute approximate surface area is 180 Å². The van der Waals surface area contributed by atoms with E-state index in [0.717, 1.165) is 44.6 Å². The topological polar surface area (TPSA) is 40.6 Å². The monoisotopic (exact) mass is 417 g/mol. The maximum Gasteiger partial charge on any atom is 0.202 e. The number of rotatable bonds is 5. The molecule has 0 spiro atoms. The van der Waals surface area contributed by atoms with Crippen LogP contribution in [0.1, 0.15) is 23.1 Å². The minimum atomic E-state index is -0.477. The average Bonchev–Trinajstić information content (AvgIpc) is 3.18. The number of nitrogens with zero attached hydrogens (tertiary/aromatic N) is 1. The summed E-state index contributed by atoms with van der Waals surface area (Å²) >= 11 is 6.02. The van der Waals surface area contributed by atoms with Crippen molar-refractivity contribution in [2.45, 2.75) is 19.5 Å². The number of methoxy groups -OCH3 is 1. The van der Waals surface area contributed by atoms with Crippen LogP contribution < -0.4 is 4.74 Å². The Morgan fingerprint density at radius 3 is 2.67 bits per heavy atom. The molecule has 0 amide bonds. The lowest BCUT2D eigenvalue weighted by atomic mass is 10.0. The molecule has 3 aromatic carbocycles. The van der Waals surface area contributed by atoms with Crippen LogP contribution in [0.25, 0.3) is 22.0 Å². The van der Waals surface area contributed by atoms with E-state index in [9.17, 15) is 0 Å². The van der Waals surface area contributed by atoms with Crippen LogP contribution in [0.5, 0.6) is 5.75 Å². The van der Waals surface area contributed by atoms with Crippen LogP contribution in [0.4, 0.5) is 0 Å². The van der Waals surface area contributed by atoms with Gasteiger partial charge in [-0.2, -0.15) is 0 Å². The van der Waals surface area contributed by atoms with Gasteiger partial charge in [-0.05, 0) is 59.2 Å². The van der Waals surface area contributed by atoms with Crippen molar-refractivity contribution in [3.63, 3.8) is 0 Å². The predicted molar refractivity (Wildman–Crippen MR) is 118 cm³/mol. The summed E-state index contributed by atoms with van der Waals surface area (Å²) in [5, 5.41) is 1.82. The Hall–Kier alpha value is -2.92. The molecule has 150 valence electrons. The second kappa shape index (κ2) is 8.07. The molecule has 1 unspecified atom stereocenters. The summed E-state index contributed by atoms with van der Waals surface area (Å²) < 4.78 is 17.5. The van der Waals surface area contributed by atoms with Crippen molar-refractivity contribution >= 4 is 22.5 Å². The van der Waals surface area contributed by atoms with Gasteiger partial charge in [0.25, 0.3) is 0 Å². The average molecular weight is 418 g/mol. The molecule has 4 aromatic rings. The minimum Gasteiger partial charge on any atom is -0.497 e. The van der Waals surface area contributed by atoms with Gasteiger partial charge in [-0.25, -0.2) is 4.98 Å². The number of fused-ring (bicyclic) bond motifs is 2. The summed E-state index contributed by atoms with van der Waals surface area (Å²) in [6.45, 7) is 0.891. The van der Waals surface area contributed by atoms with E-state index in [1.807, 2.05) is 54.6 Å². The predicted octanol–water partition coefficient (Wildman–Crippen LogP) is 6.31. The fraction of sp³-hybridized carbons (Fsp3) is 0.160. The molecule has 1 aromatic heterocycles. The number of aromatic nitrogens is 1. The van der Waals surface area contributed by atoms with Gasteiger partial charge in [0.05, 0.1) is 25.8 Å². The summed E-state index contributed by atoms with van der Waals surface area (Å²) in [4.78, 5) is 4.77. The molecule has 5 heteroatoms. The van der Waals surface area contributed by atoms with Crippen LogP contribution in [0.3, 0.4) is 0 Å². The second-order valence-electron chi connectivity index (χ2n) is 7.26. The van der Waals surface area contributed by atoms with E-state index in [1.165, 1.54) is 0 Å². The molecule has 0 aliphatic carbocycles. The molecule has 1 atom stereocenters. The Kier molecular flexibility index (Phi) is 5.13. The van der Waals surface area contributed by atoms with Gasteiger partial charge in [0.1, 0.15) is 11.4 Å². The Morgan fingerprint density at radius 1 is 1.00 bits per heavy atom. The number of pyridine rings is 1. The number of halogens is 1. The van der Waals surface area contributed by atoms with E-state index < -0.39 is 6.29 Å². The van der Waals surface area contributed by atoms with Gasteiger partial charge in [0, 0.05) is 16.0 Å². The number of ether oxygens (including phenoxy) is 3. The number of hydrogen-bond acceptors (Lipinski definition) is 4. The number of benzene rings is 3. The van der Waals surface area contributed by atoms with Crippen molar-refractivity contribution in [2.24, 2.45) is 0 Å². The number of para-hydroxylation sites is 1. The van der Waals surface area contributed by atoms with Crippen molar-refractivity contribution < 1.29 is 14.2 Å². The van der Waals surface area contributed by atoms with Crippen molar-refractivity contribution in [1.29, 1.82) is 0 Å². The third kappa shape index (κ3) is 3.77. The van der Waals surface area contributed by atoms with Crippen molar-refractivity contribution in [2.75, 3.05) is 7.11 Å². The zero-order valence-corrected chi connectivity index (χ0v) is 17.2. The van der Waals surface area contributed by atoms with Gasteiger partial charge in [-0.3, -0.25) is 0 Å². The molecule has 0 saturated carbocycles.